The fourth-order valence-corrected chi connectivity index (χ4v) is 0.284. The topological polar surface area (TPSA) is 72.2 Å². The summed E-state index contributed by atoms with van der Waals surface area (Å²) in [6.07, 6.45) is 0. The summed E-state index contributed by atoms with van der Waals surface area (Å²) in [6, 6.07) is 0. The maximum Gasteiger partial charge on any atom is 0.252 e. The Hall–Kier alpha value is -1.16. The second kappa shape index (κ2) is 3.79. The lowest BCUT2D eigenvalue weighted by molar-refractivity contribution is -0.127. The molecular formula is C6H10N2O2. The van der Waals surface area contributed by atoms with Crippen LogP contribution in [0.2, 0.25) is 0 Å². The van der Waals surface area contributed by atoms with Crippen molar-refractivity contribution >= 4 is 11.8 Å². The molecule has 0 aromatic carbocycles. The SMILES string of the molecule is C=C(C)C(=O)NC(=O)CN. The third-order valence-corrected chi connectivity index (χ3v) is 0.826. The van der Waals surface area contributed by atoms with Crippen molar-refractivity contribution in [3.05, 3.63) is 12.2 Å². The lowest BCUT2D eigenvalue weighted by Crippen LogP contribution is -2.35. The molecule has 3 N–H and O–H groups in total. The van der Waals surface area contributed by atoms with Gasteiger partial charge < -0.3 is 5.73 Å². The van der Waals surface area contributed by atoms with Crippen molar-refractivity contribution in [1.82, 2.24) is 5.32 Å². The molecule has 0 radical (unpaired) electrons. The molecule has 0 heterocycles. The lowest BCUT2D eigenvalue weighted by Gasteiger charge is -1.98. The molecule has 0 atom stereocenters. The van der Waals surface area contributed by atoms with E-state index in [2.05, 4.69) is 6.58 Å². The maximum absolute atomic E-state index is 10.6. The van der Waals surface area contributed by atoms with Gasteiger partial charge in [-0.15, -0.1) is 0 Å². The van der Waals surface area contributed by atoms with Crippen LogP contribution < -0.4 is 11.1 Å². The van der Waals surface area contributed by atoms with E-state index in [1.54, 1.807) is 0 Å². The van der Waals surface area contributed by atoms with Crippen LogP contribution in [0.3, 0.4) is 0 Å². The van der Waals surface area contributed by atoms with Crippen molar-refractivity contribution in [2.24, 2.45) is 5.73 Å². The minimum Gasteiger partial charge on any atom is -0.322 e. The van der Waals surface area contributed by atoms with Gasteiger partial charge in [0, 0.05) is 5.57 Å². The van der Waals surface area contributed by atoms with Crippen molar-refractivity contribution in [2.75, 3.05) is 6.54 Å². The molecule has 0 aliphatic carbocycles. The molecule has 4 heteroatoms. The molecule has 0 bridgehead atoms. The highest BCUT2D eigenvalue weighted by atomic mass is 16.2. The van der Waals surface area contributed by atoms with Gasteiger partial charge in [0.2, 0.25) is 5.91 Å². The lowest BCUT2D eigenvalue weighted by atomic mass is 10.3. The summed E-state index contributed by atoms with van der Waals surface area (Å²) in [5.74, 6) is -0.969. The molecule has 0 aliphatic heterocycles. The highest BCUT2D eigenvalue weighted by molar-refractivity contribution is 6.03. The van der Waals surface area contributed by atoms with E-state index in [0.29, 0.717) is 5.57 Å². The number of imide groups is 1. The van der Waals surface area contributed by atoms with Gasteiger partial charge in [-0.05, 0) is 6.92 Å². The predicted octanol–water partition coefficient (Wildman–Crippen LogP) is -0.836. The summed E-state index contributed by atoms with van der Waals surface area (Å²) in [5.41, 5.74) is 5.22. The first-order chi connectivity index (χ1) is 4.57. The van der Waals surface area contributed by atoms with Crippen LogP contribution in [0.5, 0.6) is 0 Å². The monoisotopic (exact) mass is 142 g/mol. The van der Waals surface area contributed by atoms with Crippen LogP contribution in [0, 0.1) is 0 Å². The highest BCUT2D eigenvalue weighted by Crippen LogP contribution is 1.83. The third-order valence-electron chi connectivity index (χ3n) is 0.826. The first kappa shape index (κ1) is 8.84. The Morgan fingerprint density at radius 2 is 2.10 bits per heavy atom. The van der Waals surface area contributed by atoms with E-state index in [4.69, 9.17) is 5.73 Å². The maximum atomic E-state index is 10.6. The van der Waals surface area contributed by atoms with Gasteiger partial charge in [0.1, 0.15) is 0 Å². The third kappa shape index (κ3) is 2.99. The molecule has 56 valence electrons. The Kier molecular flexibility index (Phi) is 3.35. The molecule has 0 unspecified atom stereocenters. The highest BCUT2D eigenvalue weighted by Gasteiger charge is 2.04. The van der Waals surface area contributed by atoms with Gasteiger partial charge in [-0.25, -0.2) is 0 Å². The molecular weight excluding hydrogens is 132 g/mol. The molecule has 0 spiro atoms. The Labute approximate surface area is 59.1 Å². The minimum atomic E-state index is -0.493. The largest absolute Gasteiger partial charge is 0.322 e. The van der Waals surface area contributed by atoms with Crippen LogP contribution in [0.25, 0.3) is 0 Å². The summed E-state index contributed by atoms with van der Waals surface area (Å²) >= 11 is 0. The Bertz CT molecular complexity index is 175. The summed E-state index contributed by atoms with van der Waals surface area (Å²) in [7, 11) is 0. The van der Waals surface area contributed by atoms with Gasteiger partial charge in [0.15, 0.2) is 0 Å². The van der Waals surface area contributed by atoms with Gasteiger partial charge in [-0.3, -0.25) is 14.9 Å². The van der Waals surface area contributed by atoms with E-state index < -0.39 is 11.8 Å². The van der Waals surface area contributed by atoms with Gasteiger partial charge in [0.25, 0.3) is 5.91 Å². The van der Waals surface area contributed by atoms with Gasteiger partial charge in [0.05, 0.1) is 6.54 Å². The number of amides is 2. The summed E-state index contributed by atoms with van der Waals surface area (Å²) in [6.45, 7) is 4.67. The molecule has 0 aromatic rings. The van der Waals surface area contributed by atoms with E-state index >= 15 is 0 Å². The zero-order valence-corrected chi connectivity index (χ0v) is 5.81. The van der Waals surface area contributed by atoms with Crippen LogP contribution in [0.4, 0.5) is 0 Å². The fourth-order valence-electron chi connectivity index (χ4n) is 0.284. The molecule has 10 heavy (non-hydrogen) atoms. The number of hydrogen-bond donors (Lipinski definition) is 2. The zero-order valence-electron chi connectivity index (χ0n) is 5.81. The summed E-state index contributed by atoms with van der Waals surface area (Å²) < 4.78 is 0. The minimum absolute atomic E-state index is 0.182. The van der Waals surface area contributed by atoms with Crippen molar-refractivity contribution < 1.29 is 9.59 Å². The van der Waals surface area contributed by atoms with E-state index in [9.17, 15) is 9.59 Å². The van der Waals surface area contributed by atoms with Crippen LogP contribution in [-0.2, 0) is 9.59 Å². The van der Waals surface area contributed by atoms with Crippen molar-refractivity contribution in [1.29, 1.82) is 0 Å². The number of nitrogens with one attached hydrogen (secondary N) is 1. The van der Waals surface area contributed by atoms with E-state index in [-0.39, 0.29) is 6.54 Å². The van der Waals surface area contributed by atoms with Gasteiger partial charge >= 0.3 is 0 Å². The van der Waals surface area contributed by atoms with E-state index in [0.717, 1.165) is 0 Å². The zero-order chi connectivity index (χ0) is 8.15. The van der Waals surface area contributed by atoms with Crippen molar-refractivity contribution in [2.45, 2.75) is 6.92 Å². The van der Waals surface area contributed by atoms with Crippen molar-refractivity contribution in [3.8, 4) is 0 Å². The number of carbonyl (C=O) groups is 2. The quantitative estimate of drug-likeness (QED) is 0.494. The Morgan fingerprint density at radius 1 is 1.60 bits per heavy atom. The number of hydrogen-bond acceptors (Lipinski definition) is 3. The smallest absolute Gasteiger partial charge is 0.252 e. The number of rotatable bonds is 2. The first-order valence-electron chi connectivity index (χ1n) is 2.77. The molecule has 4 nitrogen and oxygen atoms in total. The Balaban J connectivity index is 3.80. The van der Waals surface area contributed by atoms with Gasteiger partial charge in [-0.2, -0.15) is 0 Å². The van der Waals surface area contributed by atoms with Crippen LogP contribution in [-0.4, -0.2) is 18.4 Å². The normalized spacial score (nSPS) is 8.60. The summed E-state index contributed by atoms with van der Waals surface area (Å²) in [5, 5.41) is 2.03. The van der Waals surface area contributed by atoms with E-state index in [1.165, 1.54) is 6.92 Å². The molecule has 2 amide bonds. The van der Waals surface area contributed by atoms with Crippen LogP contribution in [0.15, 0.2) is 12.2 Å². The second-order valence-corrected chi connectivity index (χ2v) is 1.86. The Morgan fingerprint density at radius 3 is 2.40 bits per heavy atom. The van der Waals surface area contributed by atoms with Crippen LogP contribution >= 0.6 is 0 Å². The van der Waals surface area contributed by atoms with Gasteiger partial charge in [-0.1, -0.05) is 6.58 Å². The second-order valence-electron chi connectivity index (χ2n) is 1.86. The van der Waals surface area contributed by atoms with Crippen molar-refractivity contribution in [3.63, 3.8) is 0 Å². The van der Waals surface area contributed by atoms with Crippen LogP contribution in [0.1, 0.15) is 6.92 Å². The summed E-state index contributed by atoms with van der Waals surface area (Å²) in [4.78, 5) is 21.1. The average Bonchev–Trinajstić information content (AvgIpc) is 1.87. The molecule has 0 fully saturated rings. The number of carbonyl (C=O) groups excluding carboxylic acids is 2. The first-order valence-corrected chi connectivity index (χ1v) is 2.77. The standard InChI is InChI=1S/C6H10N2O2/c1-4(2)6(10)8-5(9)3-7/h1,3,7H2,2H3,(H,8,9,10). The molecule has 0 aliphatic rings. The fraction of sp³-hybridized carbons (Fsp3) is 0.333. The molecule has 0 saturated carbocycles. The average molecular weight is 142 g/mol. The number of nitrogens with two attached hydrogens (primary N) is 1. The molecule has 0 saturated heterocycles. The van der Waals surface area contributed by atoms with E-state index in [1.807, 2.05) is 5.32 Å². The predicted molar refractivity (Wildman–Crippen MR) is 37.0 cm³/mol. The molecule has 0 aromatic heterocycles. The molecule has 0 rings (SSSR count).